The molecule has 0 saturated heterocycles. The van der Waals surface area contributed by atoms with Crippen molar-refractivity contribution in [2.45, 2.75) is 12.8 Å². The molecule has 0 radical (unpaired) electrons. The summed E-state index contributed by atoms with van der Waals surface area (Å²) in [6.45, 7) is 1.32. The lowest BCUT2D eigenvalue weighted by Gasteiger charge is -2.03. The number of H-pyrrole nitrogens is 1. The number of hydrogen-bond donors (Lipinski definition) is 3. The van der Waals surface area contributed by atoms with Gasteiger partial charge in [0.15, 0.2) is 0 Å². The monoisotopic (exact) mass is 318 g/mol. The van der Waals surface area contributed by atoms with Gasteiger partial charge in [-0.3, -0.25) is 4.79 Å². The average Bonchev–Trinajstić information content (AvgIpc) is 2.79. The van der Waals surface area contributed by atoms with E-state index in [4.69, 9.17) is 0 Å². The van der Waals surface area contributed by atoms with E-state index in [-0.39, 0.29) is 30.7 Å². The number of amides is 1. The van der Waals surface area contributed by atoms with E-state index in [0.717, 1.165) is 23.3 Å². The normalized spacial score (nSPS) is 9.65. The molecule has 20 heavy (non-hydrogen) atoms. The minimum Gasteiger partial charge on any atom is -0.356 e. The van der Waals surface area contributed by atoms with Gasteiger partial charge in [-0.1, -0.05) is 12.1 Å². The Morgan fingerprint density at radius 2 is 2.00 bits per heavy atom. The van der Waals surface area contributed by atoms with Crippen LogP contribution in [0.2, 0.25) is 0 Å². The van der Waals surface area contributed by atoms with Crippen LogP contribution in [0.1, 0.15) is 12.2 Å². The van der Waals surface area contributed by atoms with Crippen molar-refractivity contribution in [1.82, 2.24) is 20.6 Å². The van der Waals surface area contributed by atoms with Gasteiger partial charge in [-0.05, 0) is 19.2 Å². The largest absolute Gasteiger partial charge is 0.356 e. The summed E-state index contributed by atoms with van der Waals surface area (Å²) in [4.78, 5) is 19.1. The van der Waals surface area contributed by atoms with E-state index < -0.39 is 0 Å². The van der Waals surface area contributed by atoms with Crippen LogP contribution in [0, 0.1) is 0 Å². The fraction of sp³-hybridized carbons (Fsp3) is 0.385. The highest BCUT2D eigenvalue weighted by Gasteiger charge is 2.03. The first-order valence-electron chi connectivity index (χ1n) is 6.14. The van der Waals surface area contributed by atoms with Crippen molar-refractivity contribution in [3.8, 4) is 0 Å². The number of fused-ring (bicyclic) bond motifs is 1. The molecule has 0 fully saturated rings. The van der Waals surface area contributed by atoms with Crippen LogP contribution in [-0.4, -0.2) is 36.0 Å². The van der Waals surface area contributed by atoms with Crippen LogP contribution in [0.4, 0.5) is 0 Å². The second-order valence-electron chi connectivity index (χ2n) is 4.15. The molecule has 1 aromatic carbocycles. The molecule has 3 N–H and O–H groups in total. The van der Waals surface area contributed by atoms with E-state index in [0.29, 0.717) is 19.5 Å². The Hall–Kier alpha value is -1.30. The van der Waals surface area contributed by atoms with Crippen molar-refractivity contribution in [3.05, 3.63) is 30.1 Å². The number of hydrogen-bond acceptors (Lipinski definition) is 3. The van der Waals surface area contributed by atoms with Gasteiger partial charge in [0.2, 0.25) is 5.91 Å². The van der Waals surface area contributed by atoms with Crippen molar-refractivity contribution >= 4 is 41.8 Å². The molecule has 1 heterocycles. The van der Waals surface area contributed by atoms with Crippen molar-refractivity contribution in [1.29, 1.82) is 0 Å². The number of nitrogens with one attached hydrogen (secondary N) is 3. The van der Waals surface area contributed by atoms with Crippen LogP contribution in [0.3, 0.4) is 0 Å². The number of carbonyl (C=O) groups excluding carboxylic acids is 1. The van der Waals surface area contributed by atoms with Crippen molar-refractivity contribution < 1.29 is 4.79 Å². The van der Waals surface area contributed by atoms with Gasteiger partial charge in [0, 0.05) is 25.9 Å². The molecule has 0 bridgehead atoms. The quantitative estimate of drug-likeness (QED) is 0.759. The standard InChI is InChI=1S/C13H18N4O.2ClH/c1-14-8-7-13(18)15-9-6-12-16-10-4-2-3-5-11(10)17-12;;/h2-5,14H,6-9H2,1H3,(H,15,18)(H,16,17);2*1H. The third-order valence-corrected chi connectivity index (χ3v) is 2.72. The summed E-state index contributed by atoms with van der Waals surface area (Å²) in [5.74, 6) is 0.977. The second-order valence-corrected chi connectivity index (χ2v) is 4.15. The maximum atomic E-state index is 11.4. The second kappa shape index (κ2) is 9.58. The van der Waals surface area contributed by atoms with Gasteiger partial charge in [-0.15, -0.1) is 24.8 Å². The first-order chi connectivity index (χ1) is 8.79. The van der Waals surface area contributed by atoms with Crippen LogP contribution in [0.15, 0.2) is 24.3 Å². The fourth-order valence-electron chi connectivity index (χ4n) is 1.77. The lowest BCUT2D eigenvalue weighted by Crippen LogP contribution is -2.28. The molecule has 1 amide bonds. The van der Waals surface area contributed by atoms with Crippen LogP contribution >= 0.6 is 24.8 Å². The van der Waals surface area contributed by atoms with E-state index in [1.165, 1.54) is 0 Å². The molecule has 112 valence electrons. The molecule has 1 aromatic heterocycles. The van der Waals surface area contributed by atoms with Gasteiger partial charge in [0.25, 0.3) is 0 Å². The summed E-state index contributed by atoms with van der Waals surface area (Å²) in [7, 11) is 1.84. The van der Waals surface area contributed by atoms with E-state index in [2.05, 4.69) is 20.6 Å². The molecule has 0 aliphatic heterocycles. The number of rotatable bonds is 6. The van der Waals surface area contributed by atoms with Crippen LogP contribution < -0.4 is 10.6 Å². The summed E-state index contributed by atoms with van der Waals surface area (Å²) in [5, 5.41) is 5.82. The van der Waals surface area contributed by atoms with Crippen LogP contribution in [0.25, 0.3) is 11.0 Å². The van der Waals surface area contributed by atoms with Crippen molar-refractivity contribution in [2.75, 3.05) is 20.1 Å². The number of carbonyl (C=O) groups is 1. The van der Waals surface area contributed by atoms with E-state index in [1.54, 1.807) is 0 Å². The highest BCUT2D eigenvalue weighted by Crippen LogP contribution is 2.10. The Balaban J connectivity index is 0.00000180. The first kappa shape index (κ1) is 18.7. The van der Waals surface area contributed by atoms with Gasteiger partial charge < -0.3 is 15.6 Å². The zero-order chi connectivity index (χ0) is 12.8. The average molecular weight is 319 g/mol. The molecule has 0 aliphatic carbocycles. The lowest BCUT2D eigenvalue weighted by molar-refractivity contribution is -0.120. The number of para-hydroxylation sites is 2. The molecule has 7 heteroatoms. The molecule has 0 spiro atoms. The van der Waals surface area contributed by atoms with Crippen molar-refractivity contribution in [2.24, 2.45) is 0 Å². The zero-order valence-corrected chi connectivity index (χ0v) is 12.9. The highest BCUT2D eigenvalue weighted by atomic mass is 35.5. The molecular formula is C13H20Cl2N4O. The minimum atomic E-state index is 0. The summed E-state index contributed by atoms with van der Waals surface area (Å²) in [6, 6.07) is 7.91. The molecule has 5 nitrogen and oxygen atoms in total. The van der Waals surface area contributed by atoms with Crippen LogP contribution in [0.5, 0.6) is 0 Å². The van der Waals surface area contributed by atoms with Gasteiger partial charge >= 0.3 is 0 Å². The topological polar surface area (TPSA) is 69.8 Å². The third kappa shape index (κ3) is 5.36. The highest BCUT2D eigenvalue weighted by molar-refractivity contribution is 5.85. The van der Waals surface area contributed by atoms with E-state index in [9.17, 15) is 4.79 Å². The maximum Gasteiger partial charge on any atom is 0.221 e. The summed E-state index contributed by atoms with van der Waals surface area (Å²) in [5.41, 5.74) is 2.00. The molecule has 0 atom stereocenters. The van der Waals surface area contributed by atoms with E-state index in [1.807, 2.05) is 31.3 Å². The Morgan fingerprint density at radius 1 is 1.25 bits per heavy atom. The number of aromatic amines is 1. The first-order valence-corrected chi connectivity index (χ1v) is 6.14. The number of nitrogens with zero attached hydrogens (tertiary/aromatic N) is 1. The number of benzene rings is 1. The van der Waals surface area contributed by atoms with Gasteiger partial charge in [0.05, 0.1) is 11.0 Å². The molecule has 2 aromatic rings. The molecule has 0 unspecified atom stereocenters. The van der Waals surface area contributed by atoms with E-state index >= 15 is 0 Å². The number of aromatic nitrogens is 2. The summed E-state index contributed by atoms with van der Waals surface area (Å²) >= 11 is 0. The lowest BCUT2D eigenvalue weighted by atomic mass is 10.3. The van der Waals surface area contributed by atoms with Gasteiger partial charge in [0.1, 0.15) is 5.82 Å². The Labute approximate surface area is 130 Å². The molecule has 0 aliphatic rings. The minimum absolute atomic E-state index is 0. The summed E-state index contributed by atoms with van der Waals surface area (Å²) < 4.78 is 0. The number of imidazole rings is 1. The van der Waals surface area contributed by atoms with Crippen LogP contribution in [-0.2, 0) is 11.2 Å². The smallest absolute Gasteiger partial charge is 0.221 e. The maximum absolute atomic E-state index is 11.4. The SMILES string of the molecule is CNCCC(=O)NCCc1nc2ccccc2[nH]1.Cl.Cl. The predicted molar refractivity (Wildman–Crippen MR) is 85.8 cm³/mol. The van der Waals surface area contributed by atoms with Crippen molar-refractivity contribution in [3.63, 3.8) is 0 Å². The Morgan fingerprint density at radius 3 is 2.70 bits per heavy atom. The molecular weight excluding hydrogens is 299 g/mol. The Kier molecular flexibility index (Phi) is 8.96. The summed E-state index contributed by atoms with van der Waals surface area (Å²) in [6.07, 6.45) is 1.23. The Bertz CT molecular complexity index is 497. The zero-order valence-electron chi connectivity index (χ0n) is 11.3. The number of halogens is 2. The van der Waals surface area contributed by atoms with Gasteiger partial charge in [-0.2, -0.15) is 0 Å². The third-order valence-electron chi connectivity index (χ3n) is 2.72. The van der Waals surface area contributed by atoms with Gasteiger partial charge in [-0.25, -0.2) is 4.98 Å². The fourth-order valence-corrected chi connectivity index (χ4v) is 1.77. The molecule has 2 rings (SSSR count). The predicted octanol–water partition coefficient (Wildman–Crippen LogP) is 1.67. The molecule has 0 saturated carbocycles.